The van der Waals surface area contributed by atoms with Gasteiger partial charge in [-0.15, -0.1) is 0 Å². The summed E-state index contributed by atoms with van der Waals surface area (Å²) in [6, 6.07) is 15.6. The van der Waals surface area contributed by atoms with E-state index in [0.29, 0.717) is 26.1 Å². The van der Waals surface area contributed by atoms with Gasteiger partial charge in [-0.25, -0.2) is 13.2 Å². The first-order valence-electron chi connectivity index (χ1n) is 9.53. The van der Waals surface area contributed by atoms with Gasteiger partial charge in [0.25, 0.3) is 0 Å². The van der Waals surface area contributed by atoms with Crippen molar-refractivity contribution < 1.29 is 22.7 Å². The van der Waals surface area contributed by atoms with Gasteiger partial charge in [0.05, 0.1) is 23.7 Å². The zero-order valence-electron chi connectivity index (χ0n) is 15.7. The molecular formula is C21H25NO5S. The Morgan fingerprint density at radius 3 is 2.32 bits per heavy atom. The summed E-state index contributed by atoms with van der Waals surface area (Å²) in [5, 5.41) is 0. The Balaban J connectivity index is 1.58. The van der Waals surface area contributed by atoms with Gasteiger partial charge in [0.1, 0.15) is 5.75 Å². The van der Waals surface area contributed by atoms with Gasteiger partial charge in [-0.3, -0.25) is 0 Å². The van der Waals surface area contributed by atoms with Crippen LogP contribution in [0.15, 0.2) is 59.5 Å². The van der Waals surface area contributed by atoms with Crippen LogP contribution in [0.5, 0.6) is 5.75 Å². The van der Waals surface area contributed by atoms with E-state index in [1.807, 2.05) is 30.3 Å². The summed E-state index contributed by atoms with van der Waals surface area (Å²) in [6.45, 7) is 1.54. The first-order chi connectivity index (χ1) is 13.6. The Morgan fingerprint density at radius 1 is 0.893 bits per heavy atom. The Morgan fingerprint density at radius 2 is 1.57 bits per heavy atom. The molecule has 0 atom stereocenters. The van der Waals surface area contributed by atoms with E-state index in [-0.39, 0.29) is 17.1 Å². The van der Waals surface area contributed by atoms with Crippen molar-refractivity contribution in [2.75, 3.05) is 26.3 Å². The van der Waals surface area contributed by atoms with Gasteiger partial charge in [0.15, 0.2) is 0 Å². The maximum absolute atomic E-state index is 12.9. The fraction of sp³-hybridized carbons (Fsp3) is 0.381. The maximum atomic E-state index is 12.9. The second kappa shape index (κ2) is 9.71. The van der Waals surface area contributed by atoms with Crippen molar-refractivity contribution in [2.45, 2.75) is 30.6 Å². The standard InChI is InChI=1S/C21H25NO5S/c23-21(27-17-9-16-26-18-10-3-1-4-11-18)19-12-5-6-13-20(19)28(24,25)22-14-7-2-8-15-22/h1,3-6,10-13H,2,7-9,14-17H2. The molecule has 0 aliphatic carbocycles. The lowest BCUT2D eigenvalue weighted by atomic mass is 10.2. The lowest BCUT2D eigenvalue weighted by Crippen LogP contribution is -2.36. The van der Waals surface area contributed by atoms with Gasteiger partial charge in [-0.05, 0) is 37.1 Å². The van der Waals surface area contributed by atoms with E-state index >= 15 is 0 Å². The minimum absolute atomic E-state index is 0.0161. The molecule has 0 saturated carbocycles. The van der Waals surface area contributed by atoms with Gasteiger partial charge in [0, 0.05) is 19.5 Å². The molecule has 1 heterocycles. The number of rotatable bonds is 8. The molecule has 1 saturated heterocycles. The van der Waals surface area contributed by atoms with Crippen molar-refractivity contribution in [3.8, 4) is 5.75 Å². The second-order valence-electron chi connectivity index (χ2n) is 6.61. The molecule has 0 unspecified atom stereocenters. The molecule has 1 aliphatic rings. The fourth-order valence-corrected chi connectivity index (χ4v) is 4.81. The number of hydrogen-bond acceptors (Lipinski definition) is 5. The molecule has 1 fully saturated rings. The molecule has 0 amide bonds. The van der Waals surface area contributed by atoms with Gasteiger partial charge >= 0.3 is 5.97 Å². The first kappa shape index (κ1) is 20.4. The van der Waals surface area contributed by atoms with Gasteiger partial charge in [-0.1, -0.05) is 36.8 Å². The average Bonchev–Trinajstić information content (AvgIpc) is 2.75. The summed E-state index contributed by atoms with van der Waals surface area (Å²) in [4.78, 5) is 12.5. The van der Waals surface area contributed by atoms with Crippen molar-refractivity contribution in [3.63, 3.8) is 0 Å². The Labute approximate surface area is 166 Å². The van der Waals surface area contributed by atoms with E-state index in [1.54, 1.807) is 12.1 Å². The van der Waals surface area contributed by atoms with Crippen molar-refractivity contribution in [1.29, 1.82) is 0 Å². The normalized spacial score (nSPS) is 15.1. The third-order valence-corrected chi connectivity index (χ3v) is 6.53. The number of ether oxygens (including phenoxy) is 2. The lowest BCUT2D eigenvalue weighted by molar-refractivity contribution is 0.0481. The third kappa shape index (κ3) is 5.11. The molecule has 2 aromatic rings. The summed E-state index contributed by atoms with van der Waals surface area (Å²) >= 11 is 0. The first-order valence-corrected chi connectivity index (χ1v) is 11.0. The molecule has 0 radical (unpaired) electrons. The van der Waals surface area contributed by atoms with Crippen LogP contribution < -0.4 is 4.74 Å². The quantitative estimate of drug-likeness (QED) is 0.498. The van der Waals surface area contributed by atoms with Crippen LogP contribution in [0.2, 0.25) is 0 Å². The largest absolute Gasteiger partial charge is 0.493 e. The number of carbonyl (C=O) groups is 1. The summed E-state index contributed by atoms with van der Waals surface area (Å²) in [7, 11) is -3.70. The average molecular weight is 404 g/mol. The highest BCUT2D eigenvalue weighted by Gasteiger charge is 2.30. The Hall–Kier alpha value is -2.38. The molecular weight excluding hydrogens is 378 g/mol. The number of nitrogens with zero attached hydrogens (tertiary/aromatic N) is 1. The molecule has 0 bridgehead atoms. The number of sulfonamides is 1. The number of carbonyl (C=O) groups excluding carboxylic acids is 1. The van der Waals surface area contributed by atoms with Gasteiger partial charge in [0.2, 0.25) is 10.0 Å². The van der Waals surface area contributed by atoms with E-state index in [4.69, 9.17) is 9.47 Å². The topological polar surface area (TPSA) is 72.9 Å². The van der Waals surface area contributed by atoms with Crippen LogP contribution in [0.25, 0.3) is 0 Å². The van der Waals surface area contributed by atoms with Crippen molar-refractivity contribution in [1.82, 2.24) is 4.31 Å². The molecule has 28 heavy (non-hydrogen) atoms. The number of para-hydroxylation sites is 1. The van der Waals surface area contributed by atoms with E-state index < -0.39 is 16.0 Å². The molecule has 1 aliphatic heterocycles. The van der Waals surface area contributed by atoms with E-state index in [0.717, 1.165) is 25.0 Å². The predicted molar refractivity (Wildman–Crippen MR) is 106 cm³/mol. The lowest BCUT2D eigenvalue weighted by Gasteiger charge is -2.26. The molecule has 0 aromatic heterocycles. The Bertz CT molecular complexity index is 877. The van der Waals surface area contributed by atoms with Crippen molar-refractivity contribution in [3.05, 3.63) is 60.2 Å². The minimum Gasteiger partial charge on any atom is -0.493 e. The number of piperidine rings is 1. The van der Waals surface area contributed by atoms with Crippen LogP contribution in [0, 0.1) is 0 Å². The van der Waals surface area contributed by atoms with Crippen LogP contribution in [-0.2, 0) is 14.8 Å². The van der Waals surface area contributed by atoms with E-state index in [2.05, 4.69) is 0 Å². The number of benzene rings is 2. The van der Waals surface area contributed by atoms with Crippen molar-refractivity contribution >= 4 is 16.0 Å². The zero-order valence-corrected chi connectivity index (χ0v) is 16.6. The summed E-state index contributed by atoms with van der Waals surface area (Å²) < 4.78 is 38.2. The van der Waals surface area contributed by atoms with Crippen LogP contribution in [0.1, 0.15) is 36.0 Å². The molecule has 150 valence electrons. The highest BCUT2D eigenvalue weighted by atomic mass is 32.2. The van der Waals surface area contributed by atoms with Crippen LogP contribution in [0.3, 0.4) is 0 Å². The smallest absolute Gasteiger partial charge is 0.339 e. The summed E-state index contributed by atoms with van der Waals surface area (Å²) in [5.74, 6) is 0.127. The van der Waals surface area contributed by atoms with Crippen molar-refractivity contribution in [2.24, 2.45) is 0 Å². The van der Waals surface area contributed by atoms with Gasteiger partial charge < -0.3 is 9.47 Å². The fourth-order valence-electron chi connectivity index (χ4n) is 3.11. The zero-order chi connectivity index (χ0) is 19.8. The number of hydrogen-bond donors (Lipinski definition) is 0. The molecule has 0 spiro atoms. The third-order valence-electron chi connectivity index (χ3n) is 4.57. The second-order valence-corrected chi connectivity index (χ2v) is 8.52. The molecule has 6 nitrogen and oxygen atoms in total. The molecule has 0 N–H and O–H groups in total. The van der Waals surface area contributed by atoms with E-state index in [9.17, 15) is 13.2 Å². The summed E-state index contributed by atoms with van der Waals surface area (Å²) in [6.07, 6.45) is 3.23. The van der Waals surface area contributed by atoms with Crippen LogP contribution >= 0.6 is 0 Å². The number of esters is 1. The molecule has 2 aromatic carbocycles. The Kier molecular flexibility index (Phi) is 7.06. The highest BCUT2D eigenvalue weighted by molar-refractivity contribution is 7.89. The molecule has 7 heteroatoms. The van der Waals surface area contributed by atoms with E-state index in [1.165, 1.54) is 16.4 Å². The highest BCUT2D eigenvalue weighted by Crippen LogP contribution is 2.24. The van der Waals surface area contributed by atoms with Crippen LogP contribution in [-0.4, -0.2) is 45.0 Å². The maximum Gasteiger partial charge on any atom is 0.339 e. The predicted octanol–water partition coefficient (Wildman–Crippen LogP) is 3.49. The SMILES string of the molecule is O=C(OCCCOc1ccccc1)c1ccccc1S(=O)(=O)N1CCCCC1. The van der Waals surface area contributed by atoms with Crippen LogP contribution in [0.4, 0.5) is 0 Å². The molecule has 3 rings (SSSR count). The monoisotopic (exact) mass is 403 g/mol. The summed E-state index contributed by atoms with van der Waals surface area (Å²) in [5.41, 5.74) is 0.0806. The minimum atomic E-state index is -3.70. The van der Waals surface area contributed by atoms with Gasteiger partial charge in [-0.2, -0.15) is 4.31 Å².